The van der Waals surface area contributed by atoms with Crippen LogP contribution in [0, 0.1) is 16.0 Å². The highest BCUT2D eigenvalue weighted by Crippen LogP contribution is 2.35. The van der Waals surface area contributed by atoms with Gasteiger partial charge >= 0.3 is 0 Å². The van der Waals surface area contributed by atoms with E-state index in [1.807, 2.05) is 0 Å². The zero-order valence-corrected chi connectivity index (χ0v) is 15.9. The van der Waals surface area contributed by atoms with Gasteiger partial charge in [-0.25, -0.2) is 0 Å². The number of fused-ring (bicyclic) bond motifs is 1. The Kier molecular flexibility index (Phi) is 5.85. The first-order chi connectivity index (χ1) is 12.9. The number of nitrogens with one attached hydrogen (secondary N) is 1. The highest BCUT2D eigenvalue weighted by molar-refractivity contribution is 7.99. The van der Waals surface area contributed by atoms with E-state index in [4.69, 9.17) is 9.47 Å². The first kappa shape index (κ1) is 19.0. The Morgan fingerprint density at radius 2 is 2.00 bits per heavy atom. The van der Waals surface area contributed by atoms with Gasteiger partial charge in [-0.05, 0) is 42.4 Å². The number of carbonyl (C=O) groups excluding carboxylic acids is 1. The lowest BCUT2D eigenvalue weighted by Gasteiger charge is -2.08. The third-order valence-electron chi connectivity index (χ3n) is 4.00. The fourth-order valence-corrected chi connectivity index (χ4v) is 3.76. The van der Waals surface area contributed by atoms with Crippen molar-refractivity contribution in [3.05, 3.63) is 52.1 Å². The van der Waals surface area contributed by atoms with Crippen LogP contribution in [0.1, 0.15) is 30.6 Å². The molecule has 3 rings (SSSR count). The second kappa shape index (κ2) is 8.30. The van der Waals surface area contributed by atoms with Gasteiger partial charge in [0, 0.05) is 23.4 Å². The lowest BCUT2D eigenvalue weighted by molar-refractivity contribution is -0.387. The van der Waals surface area contributed by atoms with E-state index in [1.54, 1.807) is 30.3 Å². The standard InChI is InChI=1S/C19H20N2O5S/c1-12(2)7-8-27-18-6-3-13(9-15(18)21(23)24)19(22)20-14-4-5-16-17(10-14)26-11-25-16/h3-6,9-10,12H,7-8,11H2,1-2H3,(H,20,22). The third kappa shape index (κ3) is 4.71. The van der Waals surface area contributed by atoms with E-state index in [1.165, 1.54) is 17.8 Å². The highest BCUT2D eigenvalue weighted by Gasteiger charge is 2.19. The molecule has 1 aliphatic rings. The second-order valence-corrected chi connectivity index (χ2v) is 7.63. The Bertz CT molecular complexity index is 869. The number of hydrogen-bond acceptors (Lipinski definition) is 6. The zero-order chi connectivity index (χ0) is 19.4. The van der Waals surface area contributed by atoms with Gasteiger partial charge in [0.05, 0.1) is 9.82 Å². The molecular formula is C19H20N2O5S. The molecule has 8 heteroatoms. The molecule has 0 unspecified atom stereocenters. The predicted molar refractivity (Wildman–Crippen MR) is 104 cm³/mol. The average molecular weight is 388 g/mol. The zero-order valence-electron chi connectivity index (χ0n) is 15.1. The summed E-state index contributed by atoms with van der Waals surface area (Å²) in [5.74, 6) is 2.07. The van der Waals surface area contributed by atoms with Crippen LogP contribution in [0.3, 0.4) is 0 Å². The Balaban J connectivity index is 1.74. The molecule has 0 saturated heterocycles. The molecule has 2 aromatic rings. The number of amides is 1. The fourth-order valence-electron chi connectivity index (χ4n) is 2.51. The van der Waals surface area contributed by atoms with Gasteiger partial charge in [-0.2, -0.15) is 0 Å². The van der Waals surface area contributed by atoms with E-state index in [0.29, 0.717) is 28.0 Å². The van der Waals surface area contributed by atoms with E-state index in [9.17, 15) is 14.9 Å². The molecule has 142 valence electrons. The van der Waals surface area contributed by atoms with E-state index in [-0.39, 0.29) is 18.0 Å². The van der Waals surface area contributed by atoms with Crippen molar-refractivity contribution in [2.45, 2.75) is 25.2 Å². The number of ether oxygens (including phenoxy) is 2. The number of rotatable bonds is 7. The van der Waals surface area contributed by atoms with Gasteiger partial charge < -0.3 is 14.8 Å². The number of hydrogen-bond donors (Lipinski definition) is 1. The number of benzene rings is 2. The number of carbonyl (C=O) groups is 1. The van der Waals surface area contributed by atoms with Gasteiger partial charge in [-0.3, -0.25) is 14.9 Å². The third-order valence-corrected chi connectivity index (χ3v) is 5.10. The Morgan fingerprint density at radius 3 is 2.74 bits per heavy atom. The minimum Gasteiger partial charge on any atom is -0.454 e. The molecule has 0 bridgehead atoms. The number of nitro benzene ring substituents is 1. The van der Waals surface area contributed by atoms with Gasteiger partial charge in [0.2, 0.25) is 6.79 Å². The lowest BCUT2D eigenvalue weighted by atomic mass is 10.2. The summed E-state index contributed by atoms with van der Waals surface area (Å²) in [7, 11) is 0. The highest BCUT2D eigenvalue weighted by atomic mass is 32.2. The van der Waals surface area contributed by atoms with Crippen molar-refractivity contribution in [2.24, 2.45) is 5.92 Å². The predicted octanol–water partition coefficient (Wildman–Crippen LogP) is 4.71. The molecular weight excluding hydrogens is 368 g/mol. The van der Waals surface area contributed by atoms with Gasteiger partial charge in [0.25, 0.3) is 11.6 Å². The monoisotopic (exact) mass is 388 g/mol. The molecule has 0 radical (unpaired) electrons. The summed E-state index contributed by atoms with van der Waals surface area (Å²) in [5.41, 5.74) is 0.706. The molecule has 0 aromatic heterocycles. The molecule has 7 nitrogen and oxygen atoms in total. The van der Waals surface area contributed by atoms with Crippen LogP contribution in [-0.2, 0) is 0 Å². The molecule has 0 spiro atoms. The van der Waals surface area contributed by atoms with Gasteiger partial charge in [-0.1, -0.05) is 13.8 Å². The van der Waals surface area contributed by atoms with Crippen LogP contribution in [0.15, 0.2) is 41.3 Å². The minimum absolute atomic E-state index is 0.0536. The quantitative estimate of drug-likeness (QED) is 0.419. The van der Waals surface area contributed by atoms with Crippen LogP contribution < -0.4 is 14.8 Å². The molecule has 0 saturated carbocycles. The molecule has 27 heavy (non-hydrogen) atoms. The molecule has 0 aliphatic carbocycles. The topological polar surface area (TPSA) is 90.7 Å². The van der Waals surface area contributed by atoms with E-state index >= 15 is 0 Å². The maximum Gasteiger partial charge on any atom is 0.283 e. The largest absolute Gasteiger partial charge is 0.454 e. The summed E-state index contributed by atoms with van der Waals surface area (Å²) >= 11 is 1.44. The van der Waals surface area contributed by atoms with Crippen molar-refractivity contribution >= 4 is 29.0 Å². The second-order valence-electron chi connectivity index (χ2n) is 6.49. The molecule has 2 aromatic carbocycles. The number of anilines is 1. The summed E-state index contributed by atoms with van der Waals surface area (Å²) in [5, 5.41) is 14.1. The molecule has 1 aliphatic heterocycles. The molecule has 1 amide bonds. The summed E-state index contributed by atoms with van der Waals surface area (Å²) in [6, 6.07) is 9.61. The van der Waals surface area contributed by atoms with E-state index in [0.717, 1.165) is 12.2 Å². The van der Waals surface area contributed by atoms with E-state index < -0.39 is 10.8 Å². The summed E-state index contributed by atoms with van der Waals surface area (Å²) in [6.07, 6.45) is 0.966. The van der Waals surface area contributed by atoms with Crippen molar-refractivity contribution < 1.29 is 19.2 Å². The number of nitrogens with zero attached hydrogens (tertiary/aromatic N) is 1. The van der Waals surface area contributed by atoms with Crippen LogP contribution >= 0.6 is 11.8 Å². The van der Waals surface area contributed by atoms with Crippen molar-refractivity contribution in [1.82, 2.24) is 0 Å². The van der Waals surface area contributed by atoms with Crippen LogP contribution in [-0.4, -0.2) is 23.4 Å². The minimum atomic E-state index is -0.449. The van der Waals surface area contributed by atoms with Crippen LogP contribution in [0.5, 0.6) is 11.5 Å². The average Bonchev–Trinajstić information content (AvgIpc) is 3.09. The first-order valence-corrected chi connectivity index (χ1v) is 9.55. The van der Waals surface area contributed by atoms with Crippen LogP contribution in [0.4, 0.5) is 11.4 Å². The molecule has 1 heterocycles. The van der Waals surface area contributed by atoms with Gasteiger partial charge in [0.15, 0.2) is 11.5 Å². The summed E-state index contributed by atoms with van der Waals surface area (Å²) in [6.45, 7) is 4.37. The number of nitro groups is 1. The summed E-state index contributed by atoms with van der Waals surface area (Å²) in [4.78, 5) is 24.0. The Hall–Kier alpha value is -2.74. The van der Waals surface area contributed by atoms with Crippen molar-refractivity contribution in [2.75, 3.05) is 17.9 Å². The van der Waals surface area contributed by atoms with Crippen molar-refractivity contribution in [1.29, 1.82) is 0 Å². The smallest absolute Gasteiger partial charge is 0.283 e. The Labute approximate surface area is 161 Å². The summed E-state index contributed by atoms with van der Waals surface area (Å²) < 4.78 is 10.5. The van der Waals surface area contributed by atoms with Crippen LogP contribution in [0.25, 0.3) is 0 Å². The van der Waals surface area contributed by atoms with E-state index in [2.05, 4.69) is 19.2 Å². The maximum absolute atomic E-state index is 12.5. The van der Waals surface area contributed by atoms with Gasteiger partial charge in [0.1, 0.15) is 0 Å². The Morgan fingerprint density at radius 1 is 1.22 bits per heavy atom. The maximum atomic E-state index is 12.5. The molecule has 0 fully saturated rings. The number of thioether (sulfide) groups is 1. The SMILES string of the molecule is CC(C)CCSc1ccc(C(=O)Nc2ccc3c(c2)OCO3)cc1[N+](=O)[O-]. The van der Waals surface area contributed by atoms with Crippen molar-refractivity contribution in [3.8, 4) is 11.5 Å². The van der Waals surface area contributed by atoms with Crippen molar-refractivity contribution in [3.63, 3.8) is 0 Å². The normalized spacial score (nSPS) is 12.3. The van der Waals surface area contributed by atoms with Gasteiger partial charge in [-0.15, -0.1) is 11.8 Å². The fraction of sp³-hybridized carbons (Fsp3) is 0.316. The lowest BCUT2D eigenvalue weighted by Crippen LogP contribution is -2.12. The molecule has 1 N–H and O–H groups in total. The van der Waals surface area contributed by atoms with Crippen LogP contribution in [0.2, 0.25) is 0 Å². The first-order valence-electron chi connectivity index (χ1n) is 8.56. The molecule has 0 atom stereocenters.